The molecule has 1 aliphatic carbocycles. The van der Waals surface area contributed by atoms with Gasteiger partial charge in [-0.1, -0.05) is 78.9 Å². The van der Waals surface area contributed by atoms with Crippen LogP contribution >= 0.6 is 0 Å². The van der Waals surface area contributed by atoms with Crippen LogP contribution in [-0.2, 0) is 0 Å². The lowest BCUT2D eigenvalue weighted by Gasteiger charge is -2.11. The van der Waals surface area contributed by atoms with Gasteiger partial charge in [-0.3, -0.25) is 0 Å². The summed E-state index contributed by atoms with van der Waals surface area (Å²) in [6.45, 7) is 0. The summed E-state index contributed by atoms with van der Waals surface area (Å²) in [5.41, 5.74) is 5.25. The molecule has 2 aromatic rings. The highest BCUT2D eigenvalue weighted by Crippen LogP contribution is 2.33. The molecule has 0 saturated carbocycles. The van der Waals surface area contributed by atoms with Crippen molar-refractivity contribution in [3.05, 3.63) is 107 Å². The minimum absolute atomic E-state index is 0.834. The average Bonchev–Trinajstić information content (AvgIpc) is 3.03. The van der Waals surface area contributed by atoms with Gasteiger partial charge in [-0.2, -0.15) is 0 Å². The zero-order valence-corrected chi connectivity index (χ0v) is 11.6. The lowest BCUT2D eigenvalue weighted by molar-refractivity contribution is 0.470. The quantitative estimate of drug-likeness (QED) is 0.604. The standard InChI is InChI=1S/C20H16O/c21-15-18-12-7-13-19(18)20(17-10-5-2-6-11-17)14-16-8-3-1-4-9-16/h1-15,21H/b18-15+,20-14+. The van der Waals surface area contributed by atoms with E-state index in [1.54, 1.807) is 0 Å². The van der Waals surface area contributed by atoms with Crippen LogP contribution in [0.15, 0.2) is 96.3 Å². The van der Waals surface area contributed by atoms with Gasteiger partial charge in [-0.05, 0) is 28.3 Å². The topological polar surface area (TPSA) is 20.2 Å². The molecule has 0 heterocycles. The fraction of sp³-hybridized carbons (Fsp3) is 0. The number of rotatable bonds is 3. The molecule has 1 nitrogen and oxygen atoms in total. The average molecular weight is 272 g/mol. The van der Waals surface area contributed by atoms with Crippen molar-refractivity contribution < 1.29 is 5.11 Å². The summed E-state index contributed by atoms with van der Waals surface area (Å²) in [6.07, 6.45) is 9.22. The van der Waals surface area contributed by atoms with Crippen molar-refractivity contribution in [2.24, 2.45) is 0 Å². The molecule has 0 aliphatic heterocycles. The first-order valence-corrected chi connectivity index (χ1v) is 6.94. The van der Waals surface area contributed by atoms with E-state index in [-0.39, 0.29) is 0 Å². The Hall–Kier alpha value is -2.80. The fourth-order valence-electron chi connectivity index (χ4n) is 2.44. The van der Waals surface area contributed by atoms with Gasteiger partial charge < -0.3 is 5.11 Å². The maximum absolute atomic E-state index is 9.42. The van der Waals surface area contributed by atoms with Crippen molar-refractivity contribution in [3.63, 3.8) is 0 Å². The van der Waals surface area contributed by atoms with E-state index >= 15 is 0 Å². The maximum Gasteiger partial charge on any atom is 0.0870 e. The van der Waals surface area contributed by atoms with Gasteiger partial charge in [0.1, 0.15) is 0 Å². The third kappa shape index (κ3) is 2.87. The highest BCUT2D eigenvalue weighted by Gasteiger charge is 2.14. The van der Waals surface area contributed by atoms with Crippen molar-refractivity contribution in [1.29, 1.82) is 0 Å². The minimum atomic E-state index is 0.834. The molecule has 0 fully saturated rings. The van der Waals surface area contributed by atoms with E-state index in [4.69, 9.17) is 0 Å². The van der Waals surface area contributed by atoms with E-state index in [9.17, 15) is 5.11 Å². The Labute approximate surface area is 124 Å². The lowest BCUT2D eigenvalue weighted by Crippen LogP contribution is -1.91. The molecule has 102 valence electrons. The molecule has 1 heteroatoms. The van der Waals surface area contributed by atoms with Gasteiger partial charge in [0.15, 0.2) is 0 Å². The van der Waals surface area contributed by atoms with E-state index in [2.05, 4.69) is 30.3 Å². The van der Waals surface area contributed by atoms with Crippen molar-refractivity contribution in [1.82, 2.24) is 0 Å². The molecule has 0 saturated heterocycles. The number of aliphatic hydroxyl groups is 1. The molecule has 21 heavy (non-hydrogen) atoms. The SMILES string of the molecule is O/C=C1\C=CC=C1/C(=C/c1ccccc1)c1ccccc1. The third-order valence-electron chi connectivity index (χ3n) is 3.47. The molecule has 0 unspecified atom stereocenters. The Morgan fingerprint density at radius 2 is 1.52 bits per heavy atom. The first kappa shape index (κ1) is 13.2. The second-order valence-electron chi connectivity index (χ2n) is 4.86. The number of hydrogen-bond donors (Lipinski definition) is 1. The van der Waals surface area contributed by atoms with Crippen LogP contribution < -0.4 is 0 Å². The van der Waals surface area contributed by atoms with E-state index in [0.29, 0.717) is 0 Å². The van der Waals surface area contributed by atoms with Gasteiger partial charge in [0.2, 0.25) is 0 Å². The van der Waals surface area contributed by atoms with Gasteiger partial charge in [0.05, 0.1) is 6.26 Å². The van der Waals surface area contributed by atoms with E-state index in [0.717, 1.165) is 34.1 Å². The number of allylic oxidation sites excluding steroid dienone is 6. The second kappa shape index (κ2) is 6.10. The normalized spacial score (nSPS) is 16.3. The Bertz CT molecular complexity index is 732. The van der Waals surface area contributed by atoms with Crippen LogP contribution in [0.25, 0.3) is 11.6 Å². The molecule has 3 rings (SSSR count). The van der Waals surface area contributed by atoms with Crippen LogP contribution in [0, 0.1) is 0 Å². The third-order valence-corrected chi connectivity index (χ3v) is 3.47. The Balaban J connectivity index is 2.11. The molecular weight excluding hydrogens is 256 g/mol. The van der Waals surface area contributed by atoms with Gasteiger partial charge in [-0.25, -0.2) is 0 Å². The number of aliphatic hydroxyl groups excluding tert-OH is 1. The van der Waals surface area contributed by atoms with Crippen molar-refractivity contribution in [2.75, 3.05) is 0 Å². The Morgan fingerprint density at radius 1 is 0.857 bits per heavy atom. The van der Waals surface area contributed by atoms with Crippen LogP contribution in [0.1, 0.15) is 11.1 Å². The lowest BCUT2D eigenvalue weighted by atomic mass is 9.93. The van der Waals surface area contributed by atoms with Gasteiger partial charge >= 0.3 is 0 Å². The van der Waals surface area contributed by atoms with Crippen LogP contribution in [0.2, 0.25) is 0 Å². The Morgan fingerprint density at radius 3 is 2.19 bits per heavy atom. The summed E-state index contributed by atoms with van der Waals surface area (Å²) < 4.78 is 0. The molecule has 1 aliphatic rings. The summed E-state index contributed by atoms with van der Waals surface area (Å²) in [7, 11) is 0. The zero-order chi connectivity index (χ0) is 14.5. The van der Waals surface area contributed by atoms with Crippen molar-refractivity contribution in [3.8, 4) is 0 Å². The highest BCUT2D eigenvalue weighted by molar-refractivity contribution is 5.95. The number of hydrogen-bond acceptors (Lipinski definition) is 1. The summed E-state index contributed by atoms with van der Waals surface area (Å²) in [4.78, 5) is 0. The predicted octanol–water partition coefficient (Wildman–Crippen LogP) is 5.17. The second-order valence-corrected chi connectivity index (χ2v) is 4.86. The largest absolute Gasteiger partial charge is 0.515 e. The molecule has 2 aromatic carbocycles. The molecule has 0 bridgehead atoms. The van der Waals surface area contributed by atoms with Gasteiger partial charge in [-0.15, -0.1) is 0 Å². The first-order chi connectivity index (χ1) is 10.4. The minimum Gasteiger partial charge on any atom is -0.515 e. The zero-order valence-electron chi connectivity index (χ0n) is 11.6. The monoisotopic (exact) mass is 272 g/mol. The van der Waals surface area contributed by atoms with Gasteiger partial charge in [0.25, 0.3) is 0 Å². The number of benzene rings is 2. The van der Waals surface area contributed by atoms with E-state index < -0.39 is 0 Å². The molecule has 0 atom stereocenters. The highest BCUT2D eigenvalue weighted by atomic mass is 16.2. The Kier molecular flexibility index (Phi) is 3.83. The molecule has 0 amide bonds. The van der Waals surface area contributed by atoms with E-state index in [1.807, 2.05) is 54.6 Å². The van der Waals surface area contributed by atoms with Crippen LogP contribution in [0.5, 0.6) is 0 Å². The fourth-order valence-corrected chi connectivity index (χ4v) is 2.44. The predicted molar refractivity (Wildman–Crippen MR) is 88.7 cm³/mol. The summed E-state index contributed by atoms with van der Waals surface area (Å²) in [6, 6.07) is 20.5. The molecule has 0 aromatic heterocycles. The smallest absolute Gasteiger partial charge is 0.0870 e. The summed E-state index contributed by atoms with van der Waals surface area (Å²) in [5, 5.41) is 9.42. The molecule has 0 spiro atoms. The van der Waals surface area contributed by atoms with Crippen molar-refractivity contribution in [2.45, 2.75) is 0 Å². The summed E-state index contributed by atoms with van der Waals surface area (Å²) in [5.74, 6) is 0. The first-order valence-electron chi connectivity index (χ1n) is 6.94. The van der Waals surface area contributed by atoms with Crippen LogP contribution in [-0.4, -0.2) is 5.11 Å². The van der Waals surface area contributed by atoms with Gasteiger partial charge in [0, 0.05) is 5.57 Å². The van der Waals surface area contributed by atoms with Crippen molar-refractivity contribution >= 4 is 11.6 Å². The molecule has 0 radical (unpaired) electrons. The summed E-state index contributed by atoms with van der Waals surface area (Å²) >= 11 is 0. The maximum atomic E-state index is 9.42. The van der Waals surface area contributed by atoms with Crippen LogP contribution in [0.3, 0.4) is 0 Å². The molecular formula is C20H16O. The van der Waals surface area contributed by atoms with E-state index in [1.165, 1.54) is 0 Å². The molecule has 1 N–H and O–H groups in total. The van der Waals surface area contributed by atoms with Crippen LogP contribution in [0.4, 0.5) is 0 Å².